The van der Waals surface area contributed by atoms with E-state index < -0.39 is 0 Å². The van der Waals surface area contributed by atoms with Gasteiger partial charge in [0.25, 0.3) is 0 Å². The number of anilines is 1. The molecule has 0 N–H and O–H groups in total. The van der Waals surface area contributed by atoms with E-state index >= 15 is 0 Å². The fourth-order valence-corrected chi connectivity index (χ4v) is 2.22. The molecule has 2 heterocycles. The number of nitrogens with zero attached hydrogens (tertiary/aromatic N) is 2. The lowest BCUT2D eigenvalue weighted by molar-refractivity contribution is 0.572. The Morgan fingerprint density at radius 1 is 1.21 bits per heavy atom. The smallest absolute Gasteiger partial charge is 0.132 e. The van der Waals surface area contributed by atoms with Gasteiger partial charge in [-0.1, -0.05) is 6.07 Å². The molecule has 0 atom stereocenters. The second-order valence-electron chi connectivity index (χ2n) is 3.82. The molecule has 1 aliphatic heterocycles. The molecule has 1 aromatic heterocycles. The molecule has 0 unspecified atom stereocenters. The predicted octanol–water partition coefficient (Wildman–Crippen LogP) is 3.14. The predicted molar refractivity (Wildman–Crippen MR) is 62.7 cm³/mol. The van der Waals surface area contributed by atoms with Crippen LogP contribution in [-0.2, 0) is 0 Å². The molecule has 0 spiro atoms. The van der Waals surface area contributed by atoms with E-state index in [1.54, 1.807) is 0 Å². The van der Waals surface area contributed by atoms with Crippen LogP contribution in [0.2, 0.25) is 0 Å². The molecule has 2 rings (SSSR count). The molecule has 0 aromatic carbocycles. The Hall–Kier alpha value is -0.570. The maximum atomic E-state index is 4.54. The zero-order valence-electron chi connectivity index (χ0n) is 8.46. The van der Waals surface area contributed by atoms with Crippen molar-refractivity contribution in [3.05, 3.63) is 22.3 Å². The molecule has 2 nitrogen and oxygen atoms in total. The third-order valence-electron chi connectivity index (χ3n) is 2.69. The van der Waals surface area contributed by atoms with Gasteiger partial charge in [-0.05, 0) is 53.7 Å². The van der Waals surface area contributed by atoms with Crippen molar-refractivity contribution in [2.45, 2.75) is 26.2 Å². The maximum absolute atomic E-state index is 4.54. The molecule has 1 saturated heterocycles. The van der Waals surface area contributed by atoms with Crippen molar-refractivity contribution in [3.8, 4) is 0 Å². The molecular weight excluding hydrogens is 240 g/mol. The van der Waals surface area contributed by atoms with Gasteiger partial charge < -0.3 is 4.90 Å². The Morgan fingerprint density at radius 3 is 2.64 bits per heavy atom. The number of aryl methyl sites for hydroxylation is 1. The third kappa shape index (κ3) is 2.08. The highest BCUT2D eigenvalue weighted by Gasteiger charge is 2.14. The van der Waals surface area contributed by atoms with Crippen LogP contribution in [-0.4, -0.2) is 18.1 Å². The summed E-state index contributed by atoms with van der Waals surface area (Å²) in [5.41, 5.74) is 1.27. The third-order valence-corrected chi connectivity index (χ3v) is 3.13. The van der Waals surface area contributed by atoms with E-state index in [2.05, 4.69) is 38.8 Å². The standard InChI is InChI=1S/C11H15BrN2/c1-9-5-6-10(12)13-11(9)14-7-3-2-4-8-14/h5-6H,2-4,7-8H2,1H3. The van der Waals surface area contributed by atoms with Crippen LogP contribution in [0.4, 0.5) is 5.82 Å². The zero-order chi connectivity index (χ0) is 9.97. The largest absolute Gasteiger partial charge is 0.356 e. The van der Waals surface area contributed by atoms with Gasteiger partial charge in [0.15, 0.2) is 0 Å². The minimum Gasteiger partial charge on any atom is -0.356 e. The van der Waals surface area contributed by atoms with E-state index in [0.29, 0.717) is 0 Å². The molecule has 0 amide bonds. The lowest BCUT2D eigenvalue weighted by Crippen LogP contribution is -2.30. The number of aromatic nitrogens is 1. The van der Waals surface area contributed by atoms with Crippen LogP contribution in [0.15, 0.2) is 16.7 Å². The summed E-state index contributed by atoms with van der Waals surface area (Å²) in [6.45, 7) is 4.44. The summed E-state index contributed by atoms with van der Waals surface area (Å²) in [4.78, 5) is 6.93. The van der Waals surface area contributed by atoms with Crippen molar-refractivity contribution >= 4 is 21.7 Å². The van der Waals surface area contributed by atoms with Gasteiger partial charge in [0.2, 0.25) is 0 Å². The molecule has 14 heavy (non-hydrogen) atoms. The summed E-state index contributed by atoms with van der Waals surface area (Å²) in [5, 5.41) is 0. The fraction of sp³-hybridized carbons (Fsp3) is 0.545. The van der Waals surface area contributed by atoms with Crippen LogP contribution in [0.5, 0.6) is 0 Å². The highest BCUT2D eigenvalue weighted by Crippen LogP contribution is 2.23. The number of halogens is 1. The van der Waals surface area contributed by atoms with Crippen molar-refractivity contribution in [1.82, 2.24) is 4.98 Å². The average molecular weight is 255 g/mol. The molecule has 1 aliphatic rings. The second-order valence-corrected chi connectivity index (χ2v) is 4.63. The first kappa shape index (κ1) is 9.97. The summed E-state index contributed by atoms with van der Waals surface area (Å²) in [6, 6.07) is 4.13. The summed E-state index contributed by atoms with van der Waals surface area (Å²) in [7, 11) is 0. The Morgan fingerprint density at radius 2 is 1.93 bits per heavy atom. The Labute approximate surface area is 93.5 Å². The molecule has 76 valence electrons. The molecule has 3 heteroatoms. The van der Waals surface area contributed by atoms with Crippen LogP contribution < -0.4 is 4.90 Å². The number of hydrogen-bond acceptors (Lipinski definition) is 2. The Balaban J connectivity index is 2.24. The quantitative estimate of drug-likeness (QED) is 0.716. The first-order chi connectivity index (χ1) is 6.77. The molecular formula is C11H15BrN2. The lowest BCUT2D eigenvalue weighted by atomic mass is 10.1. The summed E-state index contributed by atoms with van der Waals surface area (Å²) < 4.78 is 0.934. The maximum Gasteiger partial charge on any atom is 0.132 e. The van der Waals surface area contributed by atoms with Gasteiger partial charge in [-0.15, -0.1) is 0 Å². The minimum absolute atomic E-state index is 0.934. The number of rotatable bonds is 1. The van der Waals surface area contributed by atoms with Crippen molar-refractivity contribution in [3.63, 3.8) is 0 Å². The van der Waals surface area contributed by atoms with Crippen LogP contribution in [0.25, 0.3) is 0 Å². The first-order valence-corrected chi connectivity index (χ1v) is 5.95. The lowest BCUT2D eigenvalue weighted by Gasteiger charge is -2.28. The zero-order valence-corrected chi connectivity index (χ0v) is 10.0. The molecule has 0 aliphatic carbocycles. The van der Waals surface area contributed by atoms with Gasteiger partial charge in [-0.2, -0.15) is 0 Å². The van der Waals surface area contributed by atoms with E-state index in [9.17, 15) is 0 Å². The van der Waals surface area contributed by atoms with E-state index in [1.807, 2.05) is 6.07 Å². The minimum atomic E-state index is 0.934. The SMILES string of the molecule is Cc1ccc(Br)nc1N1CCCCC1. The van der Waals surface area contributed by atoms with Gasteiger partial charge in [0.1, 0.15) is 10.4 Å². The normalized spacial score (nSPS) is 17.1. The second kappa shape index (κ2) is 4.30. The molecule has 0 radical (unpaired) electrons. The van der Waals surface area contributed by atoms with Gasteiger partial charge in [-0.25, -0.2) is 4.98 Å². The van der Waals surface area contributed by atoms with Crippen LogP contribution in [0, 0.1) is 6.92 Å². The highest BCUT2D eigenvalue weighted by molar-refractivity contribution is 9.10. The van der Waals surface area contributed by atoms with Gasteiger partial charge in [0, 0.05) is 13.1 Å². The van der Waals surface area contributed by atoms with E-state index in [-0.39, 0.29) is 0 Å². The van der Waals surface area contributed by atoms with E-state index in [1.165, 1.54) is 24.8 Å². The Kier molecular flexibility index (Phi) is 3.06. The number of piperidine rings is 1. The van der Waals surface area contributed by atoms with Crippen molar-refractivity contribution in [2.75, 3.05) is 18.0 Å². The molecule has 1 fully saturated rings. The van der Waals surface area contributed by atoms with E-state index in [4.69, 9.17) is 0 Å². The topological polar surface area (TPSA) is 16.1 Å². The average Bonchev–Trinajstić information content (AvgIpc) is 2.23. The number of hydrogen-bond donors (Lipinski definition) is 0. The molecule has 0 bridgehead atoms. The van der Waals surface area contributed by atoms with E-state index in [0.717, 1.165) is 23.5 Å². The van der Waals surface area contributed by atoms with Crippen LogP contribution >= 0.6 is 15.9 Å². The van der Waals surface area contributed by atoms with Crippen molar-refractivity contribution in [2.24, 2.45) is 0 Å². The highest BCUT2D eigenvalue weighted by atomic mass is 79.9. The van der Waals surface area contributed by atoms with Crippen molar-refractivity contribution < 1.29 is 0 Å². The van der Waals surface area contributed by atoms with Crippen LogP contribution in [0.3, 0.4) is 0 Å². The fourth-order valence-electron chi connectivity index (χ4n) is 1.92. The van der Waals surface area contributed by atoms with Gasteiger partial charge >= 0.3 is 0 Å². The molecule has 1 aromatic rings. The van der Waals surface area contributed by atoms with Crippen molar-refractivity contribution in [1.29, 1.82) is 0 Å². The summed E-state index contributed by atoms with van der Waals surface area (Å²) in [5.74, 6) is 1.15. The monoisotopic (exact) mass is 254 g/mol. The van der Waals surface area contributed by atoms with Gasteiger partial charge in [-0.3, -0.25) is 0 Å². The molecule has 0 saturated carbocycles. The van der Waals surface area contributed by atoms with Crippen LogP contribution in [0.1, 0.15) is 24.8 Å². The number of pyridine rings is 1. The summed E-state index contributed by atoms with van der Waals surface area (Å²) in [6.07, 6.45) is 3.96. The Bertz CT molecular complexity index is 319. The first-order valence-electron chi connectivity index (χ1n) is 5.15. The van der Waals surface area contributed by atoms with Gasteiger partial charge in [0.05, 0.1) is 0 Å². The summed E-state index contributed by atoms with van der Waals surface area (Å²) >= 11 is 3.43.